The Morgan fingerprint density at radius 2 is 2.22 bits per heavy atom. The third kappa shape index (κ3) is 4.23. The van der Waals surface area contributed by atoms with Crippen LogP contribution in [0.4, 0.5) is 0 Å². The summed E-state index contributed by atoms with van der Waals surface area (Å²) < 4.78 is 5.67. The number of amides is 1. The molecule has 2 N–H and O–H groups in total. The largest absolute Gasteiger partial charge is 0.373 e. The molecular formula is C13H27N3O2. The van der Waals surface area contributed by atoms with Gasteiger partial charge in [-0.15, -0.1) is 0 Å². The van der Waals surface area contributed by atoms with Crippen molar-refractivity contribution in [2.45, 2.75) is 38.3 Å². The monoisotopic (exact) mass is 257 g/mol. The standard InChI is InChI=1S/C13H27N3O2/c1-5-6-13(2,14)12(17)16-7-8-18-11(10-16)9-15(3)4/h11H,5-10,14H2,1-4H3. The summed E-state index contributed by atoms with van der Waals surface area (Å²) in [4.78, 5) is 16.3. The maximum atomic E-state index is 12.4. The fraction of sp³-hybridized carbons (Fsp3) is 0.923. The van der Waals surface area contributed by atoms with Gasteiger partial charge in [0.2, 0.25) is 5.91 Å². The zero-order chi connectivity index (χ0) is 13.8. The Hall–Kier alpha value is -0.650. The quantitative estimate of drug-likeness (QED) is 0.769. The number of hydrogen-bond acceptors (Lipinski definition) is 4. The van der Waals surface area contributed by atoms with Crippen LogP contribution in [-0.4, -0.2) is 67.7 Å². The number of hydrogen-bond donors (Lipinski definition) is 1. The minimum absolute atomic E-state index is 0.0522. The van der Waals surface area contributed by atoms with E-state index in [2.05, 4.69) is 4.90 Å². The molecule has 18 heavy (non-hydrogen) atoms. The molecule has 0 radical (unpaired) electrons. The first-order chi connectivity index (χ1) is 8.36. The van der Waals surface area contributed by atoms with E-state index < -0.39 is 5.54 Å². The first kappa shape index (κ1) is 15.4. The summed E-state index contributed by atoms with van der Waals surface area (Å²) >= 11 is 0. The molecule has 0 aromatic carbocycles. The number of morpholine rings is 1. The molecule has 1 heterocycles. The molecule has 0 spiro atoms. The van der Waals surface area contributed by atoms with Crippen LogP contribution in [0.2, 0.25) is 0 Å². The zero-order valence-electron chi connectivity index (χ0n) is 12.1. The van der Waals surface area contributed by atoms with Gasteiger partial charge in [-0.1, -0.05) is 13.3 Å². The van der Waals surface area contributed by atoms with Crippen LogP contribution in [0.5, 0.6) is 0 Å². The number of nitrogens with two attached hydrogens (primary N) is 1. The van der Waals surface area contributed by atoms with Crippen LogP contribution in [0.1, 0.15) is 26.7 Å². The van der Waals surface area contributed by atoms with Crippen LogP contribution >= 0.6 is 0 Å². The third-order valence-electron chi connectivity index (χ3n) is 3.25. The SMILES string of the molecule is CCCC(C)(N)C(=O)N1CCOC(CN(C)C)C1. The maximum absolute atomic E-state index is 12.4. The molecule has 2 atom stereocenters. The van der Waals surface area contributed by atoms with Crippen molar-refractivity contribution < 1.29 is 9.53 Å². The van der Waals surface area contributed by atoms with Crippen molar-refractivity contribution in [3.05, 3.63) is 0 Å². The van der Waals surface area contributed by atoms with E-state index in [1.54, 1.807) is 0 Å². The number of rotatable bonds is 5. The smallest absolute Gasteiger partial charge is 0.242 e. The molecule has 5 heteroatoms. The summed E-state index contributed by atoms with van der Waals surface area (Å²) in [6.45, 7) is 6.61. The number of ether oxygens (including phenoxy) is 1. The van der Waals surface area contributed by atoms with Crippen LogP contribution < -0.4 is 5.73 Å². The van der Waals surface area contributed by atoms with Crippen molar-refractivity contribution >= 4 is 5.91 Å². The van der Waals surface area contributed by atoms with Gasteiger partial charge in [-0.3, -0.25) is 4.79 Å². The second-order valence-electron chi connectivity index (χ2n) is 5.67. The van der Waals surface area contributed by atoms with Crippen molar-refractivity contribution in [2.24, 2.45) is 5.73 Å². The average Bonchev–Trinajstić information content (AvgIpc) is 2.27. The molecule has 0 aromatic rings. The summed E-state index contributed by atoms with van der Waals surface area (Å²) in [5.41, 5.74) is 5.36. The first-order valence-electron chi connectivity index (χ1n) is 6.71. The van der Waals surface area contributed by atoms with Crippen LogP contribution in [-0.2, 0) is 9.53 Å². The van der Waals surface area contributed by atoms with Crippen LogP contribution in [0, 0.1) is 0 Å². The fourth-order valence-corrected chi connectivity index (χ4v) is 2.41. The molecular weight excluding hydrogens is 230 g/mol. The predicted octanol–water partition coefficient (Wildman–Crippen LogP) is 0.293. The topological polar surface area (TPSA) is 58.8 Å². The van der Waals surface area contributed by atoms with Crippen LogP contribution in [0.15, 0.2) is 0 Å². The molecule has 1 amide bonds. The van der Waals surface area contributed by atoms with Gasteiger partial charge in [-0.2, -0.15) is 0 Å². The Labute approximate surface area is 110 Å². The highest BCUT2D eigenvalue weighted by atomic mass is 16.5. The lowest BCUT2D eigenvalue weighted by Crippen LogP contribution is -2.58. The molecule has 5 nitrogen and oxygen atoms in total. The van der Waals surface area contributed by atoms with E-state index in [0.717, 1.165) is 19.4 Å². The highest BCUT2D eigenvalue weighted by Crippen LogP contribution is 2.16. The average molecular weight is 257 g/mol. The van der Waals surface area contributed by atoms with Crippen molar-refractivity contribution in [1.82, 2.24) is 9.80 Å². The van der Waals surface area contributed by atoms with Gasteiger partial charge in [0.1, 0.15) is 0 Å². The summed E-state index contributed by atoms with van der Waals surface area (Å²) in [6.07, 6.45) is 1.74. The molecule has 0 saturated carbocycles. The summed E-state index contributed by atoms with van der Waals surface area (Å²) in [7, 11) is 4.02. The Kier molecular flexibility index (Phi) is 5.56. The molecule has 1 saturated heterocycles. The van der Waals surface area contributed by atoms with E-state index in [0.29, 0.717) is 19.7 Å². The summed E-state index contributed by atoms with van der Waals surface area (Å²) in [6, 6.07) is 0. The fourth-order valence-electron chi connectivity index (χ4n) is 2.41. The van der Waals surface area contributed by atoms with E-state index >= 15 is 0 Å². The molecule has 0 aromatic heterocycles. The van der Waals surface area contributed by atoms with Crippen molar-refractivity contribution in [3.8, 4) is 0 Å². The number of nitrogens with zero attached hydrogens (tertiary/aromatic N) is 2. The molecule has 1 aliphatic rings. The summed E-state index contributed by atoms with van der Waals surface area (Å²) in [5, 5.41) is 0. The minimum Gasteiger partial charge on any atom is -0.373 e. The van der Waals surface area contributed by atoms with E-state index in [1.165, 1.54) is 0 Å². The minimum atomic E-state index is -0.741. The molecule has 1 fully saturated rings. The molecule has 0 bridgehead atoms. The highest BCUT2D eigenvalue weighted by molar-refractivity contribution is 5.85. The lowest BCUT2D eigenvalue weighted by molar-refractivity contribution is -0.144. The number of carbonyl (C=O) groups excluding carboxylic acids is 1. The Bertz CT molecular complexity index is 279. The first-order valence-corrected chi connectivity index (χ1v) is 6.71. The summed E-state index contributed by atoms with van der Waals surface area (Å²) in [5.74, 6) is 0.0522. The number of carbonyl (C=O) groups is 1. The van der Waals surface area contributed by atoms with Crippen molar-refractivity contribution in [2.75, 3.05) is 40.3 Å². The van der Waals surface area contributed by atoms with Crippen molar-refractivity contribution in [3.63, 3.8) is 0 Å². The number of likely N-dealkylation sites (N-methyl/N-ethyl adjacent to an activating group) is 1. The van der Waals surface area contributed by atoms with Gasteiger partial charge in [0.25, 0.3) is 0 Å². The third-order valence-corrected chi connectivity index (χ3v) is 3.25. The molecule has 1 aliphatic heterocycles. The molecule has 0 aliphatic carbocycles. The Balaban J connectivity index is 2.58. The molecule has 2 unspecified atom stereocenters. The van der Waals surface area contributed by atoms with Gasteiger partial charge in [-0.25, -0.2) is 0 Å². The Morgan fingerprint density at radius 1 is 1.56 bits per heavy atom. The second kappa shape index (κ2) is 6.50. The van der Waals surface area contributed by atoms with Gasteiger partial charge < -0.3 is 20.3 Å². The van der Waals surface area contributed by atoms with Crippen LogP contribution in [0.25, 0.3) is 0 Å². The van der Waals surface area contributed by atoms with E-state index in [-0.39, 0.29) is 12.0 Å². The predicted molar refractivity (Wildman–Crippen MR) is 72.4 cm³/mol. The normalized spacial score (nSPS) is 24.1. The van der Waals surface area contributed by atoms with Crippen LogP contribution in [0.3, 0.4) is 0 Å². The van der Waals surface area contributed by atoms with Gasteiger partial charge in [0.05, 0.1) is 18.2 Å². The van der Waals surface area contributed by atoms with Crippen molar-refractivity contribution in [1.29, 1.82) is 0 Å². The van der Waals surface area contributed by atoms with E-state index in [1.807, 2.05) is 32.8 Å². The van der Waals surface area contributed by atoms with E-state index in [4.69, 9.17) is 10.5 Å². The van der Waals surface area contributed by atoms with Gasteiger partial charge in [-0.05, 0) is 27.4 Å². The second-order valence-corrected chi connectivity index (χ2v) is 5.67. The maximum Gasteiger partial charge on any atom is 0.242 e. The van der Waals surface area contributed by atoms with Gasteiger partial charge in [0.15, 0.2) is 0 Å². The lowest BCUT2D eigenvalue weighted by atomic mass is 9.95. The highest BCUT2D eigenvalue weighted by Gasteiger charge is 2.34. The molecule has 1 rings (SSSR count). The van der Waals surface area contributed by atoms with Gasteiger partial charge in [0, 0.05) is 19.6 Å². The molecule has 106 valence electrons. The Morgan fingerprint density at radius 3 is 2.78 bits per heavy atom. The van der Waals surface area contributed by atoms with E-state index in [9.17, 15) is 4.79 Å². The zero-order valence-corrected chi connectivity index (χ0v) is 12.1. The van der Waals surface area contributed by atoms with Gasteiger partial charge >= 0.3 is 0 Å². The lowest BCUT2D eigenvalue weighted by Gasteiger charge is -2.38.